The zero-order chi connectivity index (χ0) is 14.8. The molecule has 1 aromatic rings. The highest BCUT2D eigenvalue weighted by molar-refractivity contribution is 14.0. The van der Waals surface area contributed by atoms with Gasteiger partial charge in [-0.25, -0.2) is 8.78 Å². The molecule has 0 radical (unpaired) electrons. The van der Waals surface area contributed by atoms with Gasteiger partial charge in [0.25, 0.3) is 0 Å². The molecule has 122 valence electrons. The van der Waals surface area contributed by atoms with E-state index in [0.717, 1.165) is 25.2 Å². The molecule has 0 aliphatic heterocycles. The van der Waals surface area contributed by atoms with Gasteiger partial charge in [0, 0.05) is 30.6 Å². The predicted molar refractivity (Wildman–Crippen MR) is 94.8 cm³/mol. The van der Waals surface area contributed by atoms with Gasteiger partial charge in [-0.1, -0.05) is 18.9 Å². The maximum atomic E-state index is 13.7. The Morgan fingerprint density at radius 1 is 1.14 bits per heavy atom. The van der Waals surface area contributed by atoms with Crippen molar-refractivity contribution < 1.29 is 8.78 Å². The highest BCUT2D eigenvalue weighted by Crippen LogP contribution is 2.43. The fraction of sp³-hybridized carbons (Fsp3) is 0.562. The SMILES string of the molecule is CN=C(NC1CCCC1)NC1CC1c1c(F)cccc1F.I. The van der Waals surface area contributed by atoms with Crippen LogP contribution in [0.2, 0.25) is 0 Å². The summed E-state index contributed by atoms with van der Waals surface area (Å²) in [6, 6.07) is 4.57. The predicted octanol–water partition coefficient (Wildman–Crippen LogP) is 3.55. The Kier molecular flexibility index (Phi) is 6.00. The Morgan fingerprint density at radius 3 is 2.36 bits per heavy atom. The Morgan fingerprint density at radius 2 is 1.77 bits per heavy atom. The molecule has 0 spiro atoms. The lowest BCUT2D eigenvalue weighted by Gasteiger charge is -2.17. The zero-order valence-electron chi connectivity index (χ0n) is 12.6. The van der Waals surface area contributed by atoms with E-state index in [-0.39, 0.29) is 41.5 Å². The van der Waals surface area contributed by atoms with Gasteiger partial charge in [-0.2, -0.15) is 0 Å². The second-order valence-corrected chi connectivity index (χ2v) is 5.93. The molecule has 2 atom stereocenters. The molecule has 22 heavy (non-hydrogen) atoms. The van der Waals surface area contributed by atoms with E-state index in [1.807, 2.05) is 0 Å². The minimum atomic E-state index is -0.456. The molecule has 2 aliphatic carbocycles. The monoisotopic (exact) mass is 421 g/mol. The second-order valence-electron chi connectivity index (χ2n) is 5.93. The average Bonchev–Trinajstić information content (AvgIpc) is 2.99. The van der Waals surface area contributed by atoms with E-state index in [1.54, 1.807) is 7.05 Å². The maximum absolute atomic E-state index is 13.7. The van der Waals surface area contributed by atoms with Gasteiger partial charge in [0.1, 0.15) is 11.6 Å². The van der Waals surface area contributed by atoms with Crippen molar-refractivity contribution >= 4 is 29.9 Å². The van der Waals surface area contributed by atoms with Crippen LogP contribution in [0.5, 0.6) is 0 Å². The third kappa shape index (κ3) is 3.88. The normalized spacial score (nSPS) is 24.8. The first-order valence-corrected chi connectivity index (χ1v) is 7.63. The van der Waals surface area contributed by atoms with Crippen LogP contribution in [0.4, 0.5) is 8.78 Å². The average molecular weight is 421 g/mol. The summed E-state index contributed by atoms with van der Waals surface area (Å²) in [5.74, 6) is -0.273. The second kappa shape index (κ2) is 7.57. The van der Waals surface area contributed by atoms with Crippen LogP contribution in [0.3, 0.4) is 0 Å². The largest absolute Gasteiger partial charge is 0.354 e. The first-order chi connectivity index (χ1) is 10.2. The first kappa shape index (κ1) is 17.4. The number of benzene rings is 1. The summed E-state index contributed by atoms with van der Waals surface area (Å²) in [5, 5.41) is 6.67. The van der Waals surface area contributed by atoms with Crippen LogP contribution >= 0.6 is 24.0 Å². The fourth-order valence-electron chi connectivity index (χ4n) is 3.15. The van der Waals surface area contributed by atoms with Crippen molar-refractivity contribution in [1.82, 2.24) is 10.6 Å². The van der Waals surface area contributed by atoms with E-state index in [0.29, 0.717) is 6.04 Å². The molecule has 0 amide bonds. The van der Waals surface area contributed by atoms with Gasteiger partial charge < -0.3 is 10.6 Å². The summed E-state index contributed by atoms with van der Waals surface area (Å²) in [7, 11) is 1.73. The van der Waals surface area contributed by atoms with Crippen molar-refractivity contribution in [2.75, 3.05) is 7.05 Å². The number of aliphatic imine (C=N–C) groups is 1. The van der Waals surface area contributed by atoms with Crippen LogP contribution in [0.15, 0.2) is 23.2 Å². The van der Waals surface area contributed by atoms with Gasteiger partial charge in [-0.15, -0.1) is 24.0 Å². The summed E-state index contributed by atoms with van der Waals surface area (Å²) >= 11 is 0. The van der Waals surface area contributed by atoms with Gasteiger partial charge in [0.05, 0.1) is 0 Å². The molecule has 0 aromatic heterocycles. The molecule has 0 saturated heterocycles. The summed E-state index contributed by atoms with van der Waals surface area (Å²) in [5.41, 5.74) is 0.200. The Labute approximate surface area is 147 Å². The number of hydrogen-bond donors (Lipinski definition) is 2. The lowest BCUT2D eigenvalue weighted by atomic mass is 10.1. The third-order valence-corrected chi connectivity index (χ3v) is 4.40. The molecule has 2 unspecified atom stereocenters. The van der Waals surface area contributed by atoms with Crippen LogP contribution in [0.1, 0.15) is 43.6 Å². The quantitative estimate of drug-likeness (QED) is 0.445. The Bertz CT molecular complexity index is 524. The van der Waals surface area contributed by atoms with Crippen molar-refractivity contribution in [3.05, 3.63) is 35.4 Å². The lowest BCUT2D eigenvalue weighted by Crippen LogP contribution is -2.43. The molecule has 2 N–H and O–H groups in total. The van der Waals surface area contributed by atoms with Crippen LogP contribution < -0.4 is 10.6 Å². The van der Waals surface area contributed by atoms with E-state index in [4.69, 9.17) is 0 Å². The first-order valence-electron chi connectivity index (χ1n) is 7.63. The number of guanidine groups is 1. The molecule has 3 nitrogen and oxygen atoms in total. The summed E-state index contributed by atoms with van der Waals surface area (Å²) in [4.78, 5) is 4.21. The zero-order valence-corrected chi connectivity index (χ0v) is 14.9. The number of rotatable bonds is 3. The van der Waals surface area contributed by atoms with Gasteiger partial charge in [0.2, 0.25) is 0 Å². The molecule has 0 heterocycles. The van der Waals surface area contributed by atoms with E-state index in [2.05, 4.69) is 15.6 Å². The molecular formula is C16H22F2IN3. The van der Waals surface area contributed by atoms with Crippen molar-refractivity contribution in [3.63, 3.8) is 0 Å². The Hall–Kier alpha value is -0.920. The standard InChI is InChI=1S/C16H21F2N3.HI/c1-19-16(20-10-5-2-3-6-10)21-14-9-11(14)15-12(17)7-4-8-13(15)18;/h4,7-8,10-11,14H,2-3,5-6,9H2,1H3,(H2,19,20,21);1H. The van der Waals surface area contributed by atoms with Crippen molar-refractivity contribution in [3.8, 4) is 0 Å². The lowest BCUT2D eigenvalue weighted by molar-refractivity contribution is 0.552. The highest BCUT2D eigenvalue weighted by atomic mass is 127. The fourth-order valence-corrected chi connectivity index (χ4v) is 3.15. The number of hydrogen-bond acceptors (Lipinski definition) is 1. The van der Waals surface area contributed by atoms with E-state index in [1.165, 1.54) is 31.0 Å². The molecule has 1 aromatic carbocycles. The summed E-state index contributed by atoms with van der Waals surface area (Å²) in [6.07, 6.45) is 5.57. The minimum absolute atomic E-state index is 0. The van der Waals surface area contributed by atoms with Gasteiger partial charge in [0.15, 0.2) is 5.96 Å². The molecule has 2 saturated carbocycles. The molecule has 2 aliphatic rings. The molecule has 3 rings (SSSR count). The number of nitrogens with zero attached hydrogens (tertiary/aromatic N) is 1. The minimum Gasteiger partial charge on any atom is -0.354 e. The van der Waals surface area contributed by atoms with Crippen molar-refractivity contribution in [2.45, 2.75) is 50.1 Å². The van der Waals surface area contributed by atoms with Crippen LogP contribution in [0, 0.1) is 11.6 Å². The molecule has 6 heteroatoms. The topological polar surface area (TPSA) is 36.4 Å². The molecule has 2 fully saturated rings. The van der Waals surface area contributed by atoms with E-state index in [9.17, 15) is 8.78 Å². The Balaban J connectivity index is 0.00000176. The number of halogens is 3. The van der Waals surface area contributed by atoms with E-state index >= 15 is 0 Å². The van der Waals surface area contributed by atoms with Crippen LogP contribution in [-0.4, -0.2) is 25.1 Å². The van der Waals surface area contributed by atoms with Crippen LogP contribution in [-0.2, 0) is 0 Å². The van der Waals surface area contributed by atoms with Crippen molar-refractivity contribution in [1.29, 1.82) is 0 Å². The van der Waals surface area contributed by atoms with Gasteiger partial charge >= 0.3 is 0 Å². The maximum Gasteiger partial charge on any atom is 0.191 e. The molecular weight excluding hydrogens is 399 g/mol. The van der Waals surface area contributed by atoms with Gasteiger partial charge in [-0.05, 0) is 31.4 Å². The molecule has 0 bridgehead atoms. The summed E-state index contributed by atoms with van der Waals surface area (Å²) in [6.45, 7) is 0. The van der Waals surface area contributed by atoms with Gasteiger partial charge in [-0.3, -0.25) is 4.99 Å². The van der Waals surface area contributed by atoms with Crippen LogP contribution in [0.25, 0.3) is 0 Å². The highest BCUT2D eigenvalue weighted by Gasteiger charge is 2.42. The smallest absolute Gasteiger partial charge is 0.191 e. The van der Waals surface area contributed by atoms with Crippen molar-refractivity contribution in [2.24, 2.45) is 4.99 Å². The third-order valence-electron chi connectivity index (χ3n) is 4.40. The number of nitrogens with one attached hydrogen (secondary N) is 2. The summed E-state index contributed by atoms with van der Waals surface area (Å²) < 4.78 is 27.5. The van der Waals surface area contributed by atoms with E-state index < -0.39 is 11.6 Å².